The Labute approximate surface area is 133 Å². The molecule has 2 rings (SSSR count). The molecule has 0 spiro atoms. The Morgan fingerprint density at radius 3 is 2.50 bits per heavy atom. The Morgan fingerprint density at radius 1 is 1.32 bits per heavy atom. The number of carbonyl (C=O) groups is 1. The average molecular weight is 304 g/mol. The largest absolute Gasteiger partial charge is 0.393 e. The van der Waals surface area contributed by atoms with Crippen molar-refractivity contribution in [3.05, 3.63) is 29.8 Å². The number of rotatable bonds is 5. The number of nitrogens with one attached hydrogen (secondary N) is 1. The highest BCUT2D eigenvalue weighted by Crippen LogP contribution is 2.21. The molecule has 2 N–H and O–H groups in total. The summed E-state index contributed by atoms with van der Waals surface area (Å²) in [5, 5.41) is 12.6. The Morgan fingerprint density at radius 2 is 1.95 bits per heavy atom. The van der Waals surface area contributed by atoms with Crippen molar-refractivity contribution in [3.8, 4) is 0 Å². The molecule has 1 atom stereocenters. The minimum absolute atomic E-state index is 0.0367. The zero-order chi connectivity index (χ0) is 15.9. The first-order valence-corrected chi connectivity index (χ1v) is 8.43. The van der Waals surface area contributed by atoms with Crippen LogP contribution in [0.3, 0.4) is 0 Å². The number of carbonyl (C=O) groups excluding carboxylic acids is 1. The predicted octanol–water partition coefficient (Wildman–Crippen LogP) is 3.65. The number of aryl methyl sites for hydroxylation is 1. The van der Waals surface area contributed by atoms with Crippen molar-refractivity contribution in [2.24, 2.45) is 5.92 Å². The second-order valence-electron chi connectivity index (χ2n) is 6.30. The van der Waals surface area contributed by atoms with Crippen LogP contribution in [0.4, 0.5) is 10.5 Å². The number of likely N-dealkylation sites (tertiary alicyclic amines) is 1. The number of hydrogen-bond donors (Lipinski definition) is 2. The van der Waals surface area contributed by atoms with E-state index in [1.807, 2.05) is 24.0 Å². The molecule has 1 aromatic rings. The topological polar surface area (TPSA) is 52.6 Å². The first kappa shape index (κ1) is 16.8. The van der Waals surface area contributed by atoms with Gasteiger partial charge in [0.15, 0.2) is 0 Å². The molecule has 1 aliphatic rings. The fourth-order valence-electron chi connectivity index (χ4n) is 2.92. The van der Waals surface area contributed by atoms with Crippen LogP contribution >= 0.6 is 0 Å². The molecule has 0 saturated carbocycles. The average Bonchev–Trinajstić information content (AvgIpc) is 2.54. The van der Waals surface area contributed by atoms with Gasteiger partial charge >= 0.3 is 6.03 Å². The number of benzene rings is 1. The monoisotopic (exact) mass is 304 g/mol. The van der Waals surface area contributed by atoms with E-state index in [0.29, 0.717) is 5.92 Å². The number of urea groups is 1. The van der Waals surface area contributed by atoms with Gasteiger partial charge in [-0.15, -0.1) is 0 Å². The summed E-state index contributed by atoms with van der Waals surface area (Å²) in [6.07, 6.45) is 4.96. The maximum absolute atomic E-state index is 12.3. The van der Waals surface area contributed by atoms with E-state index >= 15 is 0 Å². The van der Waals surface area contributed by atoms with Gasteiger partial charge in [-0.3, -0.25) is 0 Å². The summed E-state index contributed by atoms with van der Waals surface area (Å²) in [7, 11) is 0. The van der Waals surface area contributed by atoms with Gasteiger partial charge in [-0.25, -0.2) is 4.79 Å². The Balaban J connectivity index is 1.82. The molecular formula is C18H28N2O2. The molecule has 1 aliphatic heterocycles. The van der Waals surface area contributed by atoms with E-state index < -0.39 is 0 Å². The number of amides is 2. The second-order valence-corrected chi connectivity index (χ2v) is 6.30. The summed E-state index contributed by atoms with van der Waals surface area (Å²) in [5.74, 6) is 0.321. The summed E-state index contributed by atoms with van der Waals surface area (Å²) in [6, 6.07) is 8.10. The van der Waals surface area contributed by atoms with Crippen LogP contribution in [0.1, 0.15) is 45.1 Å². The van der Waals surface area contributed by atoms with Gasteiger partial charge < -0.3 is 15.3 Å². The lowest BCUT2D eigenvalue weighted by Gasteiger charge is -2.33. The van der Waals surface area contributed by atoms with Gasteiger partial charge in [0.1, 0.15) is 0 Å². The molecule has 2 amide bonds. The fourth-order valence-corrected chi connectivity index (χ4v) is 2.92. The SMILES string of the molecule is CCCCc1ccc(NC(=O)N2CCC(C(C)O)CC2)cc1. The smallest absolute Gasteiger partial charge is 0.321 e. The van der Waals surface area contributed by atoms with Gasteiger partial charge in [0.25, 0.3) is 0 Å². The van der Waals surface area contributed by atoms with Gasteiger partial charge in [0.2, 0.25) is 0 Å². The van der Waals surface area contributed by atoms with E-state index in [1.54, 1.807) is 0 Å². The molecule has 0 radical (unpaired) electrons. The number of nitrogens with zero attached hydrogens (tertiary/aromatic N) is 1. The van der Waals surface area contributed by atoms with Crippen LogP contribution in [0.15, 0.2) is 24.3 Å². The lowest BCUT2D eigenvalue weighted by atomic mass is 9.92. The van der Waals surface area contributed by atoms with Gasteiger partial charge in [-0.1, -0.05) is 25.5 Å². The summed E-state index contributed by atoms with van der Waals surface area (Å²) in [6.45, 7) is 5.46. The van der Waals surface area contributed by atoms with Crippen molar-refractivity contribution in [3.63, 3.8) is 0 Å². The summed E-state index contributed by atoms with van der Waals surface area (Å²) >= 11 is 0. The molecule has 1 saturated heterocycles. The minimum Gasteiger partial charge on any atom is -0.393 e. The highest BCUT2D eigenvalue weighted by Gasteiger charge is 2.25. The molecule has 0 bridgehead atoms. The molecule has 22 heavy (non-hydrogen) atoms. The lowest BCUT2D eigenvalue weighted by molar-refractivity contribution is 0.0820. The molecule has 122 valence electrons. The van der Waals surface area contributed by atoms with E-state index in [9.17, 15) is 9.90 Å². The van der Waals surface area contributed by atoms with Crippen LogP contribution in [0.25, 0.3) is 0 Å². The van der Waals surface area contributed by atoms with E-state index in [1.165, 1.54) is 18.4 Å². The third-order valence-corrected chi connectivity index (χ3v) is 4.53. The van der Waals surface area contributed by atoms with Gasteiger partial charge in [-0.2, -0.15) is 0 Å². The number of aliphatic hydroxyl groups is 1. The van der Waals surface area contributed by atoms with Crippen molar-refractivity contribution in [1.82, 2.24) is 4.90 Å². The Hall–Kier alpha value is -1.55. The highest BCUT2D eigenvalue weighted by molar-refractivity contribution is 5.89. The van der Waals surface area contributed by atoms with Crippen molar-refractivity contribution >= 4 is 11.7 Å². The van der Waals surface area contributed by atoms with E-state index in [4.69, 9.17) is 0 Å². The molecule has 1 unspecified atom stereocenters. The van der Waals surface area contributed by atoms with Crippen molar-refractivity contribution < 1.29 is 9.90 Å². The third-order valence-electron chi connectivity index (χ3n) is 4.53. The van der Waals surface area contributed by atoms with Gasteiger partial charge in [0, 0.05) is 18.8 Å². The van der Waals surface area contributed by atoms with E-state index in [-0.39, 0.29) is 12.1 Å². The summed E-state index contributed by atoms with van der Waals surface area (Å²) < 4.78 is 0. The first-order valence-electron chi connectivity index (χ1n) is 8.43. The Kier molecular flexibility index (Phi) is 6.25. The highest BCUT2D eigenvalue weighted by atomic mass is 16.3. The van der Waals surface area contributed by atoms with Crippen LogP contribution in [-0.4, -0.2) is 35.2 Å². The molecule has 1 heterocycles. The molecule has 4 nitrogen and oxygen atoms in total. The maximum atomic E-state index is 12.3. The maximum Gasteiger partial charge on any atom is 0.321 e. The van der Waals surface area contributed by atoms with Crippen LogP contribution in [0.2, 0.25) is 0 Å². The van der Waals surface area contributed by atoms with Crippen LogP contribution in [0, 0.1) is 5.92 Å². The van der Waals surface area contributed by atoms with Crippen molar-refractivity contribution in [2.75, 3.05) is 18.4 Å². The second kappa shape index (κ2) is 8.18. The number of unbranched alkanes of at least 4 members (excludes halogenated alkanes) is 1. The van der Waals surface area contributed by atoms with Gasteiger partial charge in [0.05, 0.1) is 6.10 Å². The zero-order valence-electron chi connectivity index (χ0n) is 13.7. The molecule has 4 heteroatoms. The summed E-state index contributed by atoms with van der Waals surface area (Å²) in [4.78, 5) is 14.1. The van der Waals surface area contributed by atoms with Crippen molar-refractivity contribution in [2.45, 2.75) is 52.1 Å². The van der Waals surface area contributed by atoms with Crippen LogP contribution < -0.4 is 5.32 Å². The lowest BCUT2D eigenvalue weighted by Crippen LogP contribution is -2.42. The standard InChI is InChI=1S/C18H28N2O2/c1-3-4-5-15-6-8-17(9-7-15)19-18(22)20-12-10-16(11-13-20)14(2)21/h6-9,14,16,21H,3-5,10-13H2,1-2H3,(H,19,22). The fraction of sp³-hybridized carbons (Fsp3) is 0.611. The number of piperidine rings is 1. The first-order chi connectivity index (χ1) is 10.6. The third kappa shape index (κ3) is 4.73. The number of anilines is 1. The quantitative estimate of drug-likeness (QED) is 0.872. The van der Waals surface area contributed by atoms with Crippen LogP contribution in [0.5, 0.6) is 0 Å². The summed E-state index contributed by atoms with van der Waals surface area (Å²) in [5.41, 5.74) is 2.17. The number of hydrogen-bond acceptors (Lipinski definition) is 2. The molecule has 0 aromatic heterocycles. The molecule has 1 aromatic carbocycles. The van der Waals surface area contributed by atoms with Gasteiger partial charge in [-0.05, 0) is 56.2 Å². The molecule has 0 aliphatic carbocycles. The number of aliphatic hydroxyl groups excluding tert-OH is 1. The molecular weight excluding hydrogens is 276 g/mol. The van der Waals surface area contributed by atoms with E-state index in [2.05, 4.69) is 24.4 Å². The zero-order valence-corrected chi connectivity index (χ0v) is 13.7. The Bertz CT molecular complexity index is 462. The normalized spacial score (nSPS) is 17.3. The van der Waals surface area contributed by atoms with Crippen molar-refractivity contribution in [1.29, 1.82) is 0 Å². The minimum atomic E-state index is -0.277. The van der Waals surface area contributed by atoms with E-state index in [0.717, 1.165) is 38.0 Å². The predicted molar refractivity (Wildman–Crippen MR) is 90.1 cm³/mol. The van der Waals surface area contributed by atoms with Crippen LogP contribution in [-0.2, 0) is 6.42 Å². The molecule has 1 fully saturated rings.